The van der Waals surface area contributed by atoms with E-state index >= 15 is 0 Å². The van der Waals surface area contributed by atoms with E-state index in [4.69, 9.17) is 4.98 Å². The van der Waals surface area contributed by atoms with Crippen molar-refractivity contribution in [3.05, 3.63) is 77.5 Å². The van der Waals surface area contributed by atoms with Gasteiger partial charge in [-0.15, -0.1) is 0 Å². The minimum absolute atomic E-state index is 0.663. The summed E-state index contributed by atoms with van der Waals surface area (Å²) in [5.41, 5.74) is 4.70. The molecule has 0 unspecified atom stereocenters. The summed E-state index contributed by atoms with van der Waals surface area (Å²) in [6.07, 6.45) is 1.04. The quantitative estimate of drug-likeness (QED) is 0.679. The third-order valence-electron chi connectivity index (χ3n) is 5.40. The summed E-state index contributed by atoms with van der Waals surface area (Å²) in [5, 5.41) is 3.36. The molecule has 1 aromatic heterocycles. The van der Waals surface area contributed by atoms with Crippen molar-refractivity contribution in [1.29, 1.82) is 0 Å². The summed E-state index contributed by atoms with van der Waals surface area (Å²) in [7, 11) is 0. The van der Waals surface area contributed by atoms with Crippen molar-refractivity contribution >= 4 is 17.5 Å². The lowest BCUT2D eigenvalue weighted by Gasteiger charge is -2.35. The molecule has 0 radical (unpaired) electrons. The van der Waals surface area contributed by atoms with Crippen LogP contribution in [0.3, 0.4) is 0 Å². The molecule has 29 heavy (non-hydrogen) atoms. The van der Waals surface area contributed by atoms with Crippen LogP contribution >= 0.6 is 0 Å². The lowest BCUT2D eigenvalue weighted by Crippen LogP contribution is -2.46. The second kappa shape index (κ2) is 9.05. The van der Waals surface area contributed by atoms with Gasteiger partial charge >= 0.3 is 0 Å². The number of hydrogen-bond donors (Lipinski definition) is 1. The van der Waals surface area contributed by atoms with Crippen molar-refractivity contribution in [2.24, 2.45) is 0 Å². The third kappa shape index (κ3) is 5.12. The van der Waals surface area contributed by atoms with E-state index in [-0.39, 0.29) is 0 Å². The zero-order valence-corrected chi connectivity index (χ0v) is 17.3. The van der Waals surface area contributed by atoms with Gasteiger partial charge in [0.25, 0.3) is 0 Å². The second-order valence-corrected chi connectivity index (χ2v) is 7.62. The third-order valence-corrected chi connectivity index (χ3v) is 5.40. The van der Waals surface area contributed by atoms with Gasteiger partial charge in [0.1, 0.15) is 5.82 Å². The molecule has 1 saturated heterocycles. The molecule has 0 aliphatic carbocycles. The van der Waals surface area contributed by atoms with Gasteiger partial charge in [0.15, 0.2) is 0 Å². The lowest BCUT2D eigenvalue weighted by molar-refractivity contribution is 0.249. The van der Waals surface area contributed by atoms with Crippen LogP contribution < -0.4 is 10.2 Å². The van der Waals surface area contributed by atoms with Crippen molar-refractivity contribution in [3.63, 3.8) is 0 Å². The van der Waals surface area contributed by atoms with E-state index in [9.17, 15) is 0 Å². The fraction of sp³-hybridized carbons (Fsp3) is 0.333. The highest BCUT2D eigenvalue weighted by Gasteiger charge is 2.19. The van der Waals surface area contributed by atoms with Gasteiger partial charge < -0.3 is 10.2 Å². The van der Waals surface area contributed by atoms with E-state index in [1.807, 2.05) is 6.92 Å². The van der Waals surface area contributed by atoms with E-state index in [0.717, 1.165) is 56.3 Å². The van der Waals surface area contributed by atoms with Crippen molar-refractivity contribution in [3.8, 4) is 0 Å². The van der Waals surface area contributed by atoms with Gasteiger partial charge in [0.05, 0.1) is 0 Å². The summed E-state index contributed by atoms with van der Waals surface area (Å²) < 4.78 is 0. The highest BCUT2D eigenvalue weighted by molar-refractivity contribution is 5.56. The Kier molecular flexibility index (Phi) is 6.06. The SMILES string of the molecule is CCc1ccc(Nc2nc(C)cc(N3CCN(Cc4ccccc4)CC3)n2)cc1. The minimum atomic E-state index is 0.663. The van der Waals surface area contributed by atoms with E-state index in [2.05, 4.69) is 87.7 Å². The number of hydrogen-bond acceptors (Lipinski definition) is 5. The summed E-state index contributed by atoms with van der Waals surface area (Å²) in [5.74, 6) is 1.67. The van der Waals surface area contributed by atoms with Crippen molar-refractivity contribution in [2.75, 3.05) is 36.4 Å². The maximum absolute atomic E-state index is 4.79. The molecular formula is C24H29N5. The van der Waals surface area contributed by atoms with Crippen LogP contribution in [0.15, 0.2) is 60.7 Å². The molecule has 1 aliphatic rings. The fourth-order valence-electron chi connectivity index (χ4n) is 3.70. The Bertz CT molecular complexity index is 916. The van der Waals surface area contributed by atoms with Gasteiger partial charge in [-0.1, -0.05) is 49.4 Å². The Hall–Kier alpha value is -2.92. The van der Waals surface area contributed by atoms with Gasteiger partial charge in [-0.25, -0.2) is 4.98 Å². The van der Waals surface area contributed by atoms with Crippen molar-refractivity contribution < 1.29 is 0 Å². The molecule has 3 aromatic rings. The van der Waals surface area contributed by atoms with E-state index in [1.165, 1.54) is 11.1 Å². The van der Waals surface area contributed by atoms with Gasteiger partial charge in [0.2, 0.25) is 5.95 Å². The van der Waals surface area contributed by atoms with Crippen LogP contribution in [0.25, 0.3) is 0 Å². The van der Waals surface area contributed by atoms with Crippen LogP contribution in [0, 0.1) is 6.92 Å². The van der Waals surface area contributed by atoms with Gasteiger partial charge in [-0.2, -0.15) is 4.98 Å². The average molecular weight is 388 g/mol. The predicted molar refractivity (Wildman–Crippen MR) is 120 cm³/mol. The maximum atomic E-state index is 4.79. The van der Waals surface area contributed by atoms with Crippen molar-refractivity contribution in [1.82, 2.24) is 14.9 Å². The molecule has 150 valence electrons. The Morgan fingerprint density at radius 2 is 1.59 bits per heavy atom. The van der Waals surface area contributed by atoms with Crippen LogP contribution in [0.5, 0.6) is 0 Å². The summed E-state index contributed by atoms with van der Waals surface area (Å²) in [6, 6.07) is 21.2. The van der Waals surface area contributed by atoms with E-state index < -0.39 is 0 Å². The number of aryl methyl sites for hydroxylation is 2. The topological polar surface area (TPSA) is 44.3 Å². The average Bonchev–Trinajstić information content (AvgIpc) is 2.75. The number of anilines is 3. The van der Waals surface area contributed by atoms with Crippen LogP contribution in [0.4, 0.5) is 17.5 Å². The van der Waals surface area contributed by atoms with Crippen LogP contribution in [-0.2, 0) is 13.0 Å². The normalized spacial score (nSPS) is 14.8. The minimum Gasteiger partial charge on any atom is -0.354 e. The number of nitrogens with zero attached hydrogens (tertiary/aromatic N) is 4. The first-order valence-electron chi connectivity index (χ1n) is 10.4. The zero-order valence-electron chi connectivity index (χ0n) is 17.3. The predicted octanol–water partition coefficient (Wildman–Crippen LogP) is 4.41. The second-order valence-electron chi connectivity index (χ2n) is 7.62. The maximum Gasteiger partial charge on any atom is 0.229 e. The molecule has 5 heteroatoms. The largest absolute Gasteiger partial charge is 0.354 e. The first-order chi connectivity index (χ1) is 14.2. The monoisotopic (exact) mass is 387 g/mol. The molecule has 0 amide bonds. The van der Waals surface area contributed by atoms with E-state index in [1.54, 1.807) is 0 Å². The Balaban J connectivity index is 1.40. The van der Waals surface area contributed by atoms with Gasteiger partial charge in [-0.05, 0) is 36.6 Å². The zero-order chi connectivity index (χ0) is 20.1. The summed E-state index contributed by atoms with van der Waals surface area (Å²) >= 11 is 0. The number of rotatable bonds is 6. The first kappa shape index (κ1) is 19.4. The summed E-state index contributed by atoms with van der Waals surface area (Å²) in [6.45, 7) is 9.25. The molecule has 1 aliphatic heterocycles. The molecular weight excluding hydrogens is 358 g/mol. The smallest absolute Gasteiger partial charge is 0.229 e. The summed E-state index contributed by atoms with van der Waals surface area (Å²) in [4.78, 5) is 14.2. The Morgan fingerprint density at radius 3 is 2.28 bits per heavy atom. The molecule has 2 aromatic carbocycles. The fourth-order valence-corrected chi connectivity index (χ4v) is 3.70. The lowest BCUT2D eigenvalue weighted by atomic mass is 10.1. The highest BCUT2D eigenvalue weighted by Crippen LogP contribution is 2.20. The molecule has 1 N–H and O–H groups in total. The van der Waals surface area contributed by atoms with Crippen LogP contribution in [0.2, 0.25) is 0 Å². The molecule has 0 atom stereocenters. The van der Waals surface area contributed by atoms with Crippen LogP contribution in [0.1, 0.15) is 23.7 Å². The van der Waals surface area contributed by atoms with Crippen LogP contribution in [-0.4, -0.2) is 41.0 Å². The number of benzene rings is 2. The molecule has 1 fully saturated rings. The molecule has 4 rings (SSSR count). The molecule has 0 bridgehead atoms. The molecule has 0 spiro atoms. The number of nitrogens with one attached hydrogen (secondary N) is 1. The highest BCUT2D eigenvalue weighted by atomic mass is 15.3. The Labute approximate surface area is 173 Å². The number of piperazine rings is 1. The van der Waals surface area contributed by atoms with E-state index in [0.29, 0.717) is 5.95 Å². The molecule has 0 saturated carbocycles. The standard InChI is InChI=1S/C24H29N5/c1-3-20-9-11-22(12-10-20)26-24-25-19(2)17-23(27-24)29-15-13-28(14-16-29)18-21-7-5-4-6-8-21/h4-12,17H,3,13-16,18H2,1-2H3,(H,25,26,27). The van der Waals surface area contributed by atoms with Crippen molar-refractivity contribution in [2.45, 2.75) is 26.8 Å². The van der Waals surface area contributed by atoms with Gasteiger partial charge in [-0.3, -0.25) is 4.90 Å². The molecule has 5 nitrogen and oxygen atoms in total. The molecule has 2 heterocycles. The first-order valence-corrected chi connectivity index (χ1v) is 10.4. The van der Waals surface area contributed by atoms with Gasteiger partial charge in [0, 0.05) is 50.2 Å². The Morgan fingerprint density at radius 1 is 0.862 bits per heavy atom. The number of aromatic nitrogens is 2.